The molecule has 2 aromatic rings. The molecule has 2 rings (SSSR count). The van der Waals surface area contributed by atoms with E-state index < -0.39 is 18.0 Å². The van der Waals surface area contributed by atoms with Gasteiger partial charge in [-0.25, -0.2) is 9.18 Å². The molecule has 0 saturated carbocycles. The summed E-state index contributed by atoms with van der Waals surface area (Å²) in [6.07, 6.45) is -1.03. The quantitative estimate of drug-likeness (QED) is 0.830. The van der Waals surface area contributed by atoms with Crippen LogP contribution in [0.1, 0.15) is 22.8 Å². The molecule has 0 spiro atoms. The van der Waals surface area contributed by atoms with E-state index in [0.717, 1.165) is 5.56 Å². The third-order valence-corrected chi connectivity index (χ3v) is 3.16. The predicted molar refractivity (Wildman–Crippen MR) is 81.2 cm³/mol. The zero-order valence-corrected chi connectivity index (χ0v) is 12.5. The Labute approximate surface area is 132 Å². The molecule has 6 heteroatoms. The molecule has 0 aliphatic carbocycles. The van der Waals surface area contributed by atoms with Gasteiger partial charge in [0, 0.05) is 6.54 Å². The summed E-state index contributed by atoms with van der Waals surface area (Å²) in [6.45, 7) is 1.62. The lowest BCUT2D eigenvalue weighted by atomic mass is 10.2. The Hall–Kier alpha value is -2.89. The van der Waals surface area contributed by atoms with E-state index in [4.69, 9.17) is 4.74 Å². The average Bonchev–Trinajstić information content (AvgIpc) is 2.54. The lowest BCUT2D eigenvalue weighted by molar-refractivity contribution is -0.129. The van der Waals surface area contributed by atoms with Gasteiger partial charge in [0.2, 0.25) is 0 Å². The fourth-order valence-corrected chi connectivity index (χ4v) is 1.86. The van der Waals surface area contributed by atoms with Crippen molar-refractivity contribution >= 4 is 11.9 Å². The van der Waals surface area contributed by atoms with Crippen LogP contribution in [0.5, 0.6) is 5.75 Å². The van der Waals surface area contributed by atoms with E-state index in [1.165, 1.54) is 31.2 Å². The second-order valence-corrected chi connectivity index (χ2v) is 4.91. The van der Waals surface area contributed by atoms with Crippen molar-refractivity contribution in [2.45, 2.75) is 19.6 Å². The summed E-state index contributed by atoms with van der Waals surface area (Å²) in [5.74, 6) is -1.84. The molecule has 5 nitrogen and oxygen atoms in total. The number of amides is 1. The second-order valence-electron chi connectivity index (χ2n) is 4.91. The SMILES string of the molecule is CC(OC(=O)c1ccccc1O)C(=O)NCc1ccc(F)cc1. The lowest BCUT2D eigenvalue weighted by Gasteiger charge is -2.14. The first-order chi connectivity index (χ1) is 11.0. The van der Waals surface area contributed by atoms with Crippen LogP contribution in [-0.2, 0) is 16.1 Å². The number of para-hydroxylation sites is 1. The summed E-state index contributed by atoms with van der Waals surface area (Å²) in [7, 11) is 0. The Morgan fingerprint density at radius 3 is 2.48 bits per heavy atom. The minimum Gasteiger partial charge on any atom is -0.507 e. The summed E-state index contributed by atoms with van der Waals surface area (Å²) in [5.41, 5.74) is 0.713. The smallest absolute Gasteiger partial charge is 0.342 e. The molecule has 1 unspecified atom stereocenters. The number of hydrogen-bond acceptors (Lipinski definition) is 4. The van der Waals surface area contributed by atoms with Crippen LogP contribution in [0.25, 0.3) is 0 Å². The second kappa shape index (κ2) is 7.40. The van der Waals surface area contributed by atoms with Gasteiger partial charge < -0.3 is 15.2 Å². The van der Waals surface area contributed by atoms with Crippen molar-refractivity contribution in [1.29, 1.82) is 0 Å². The number of hydrogen-bond donors (Lipinski definition) is 2. The molecule has 0 aromatic heterocycles. The molecule has 1 amide bonds. The van der Waals surface area contributed by atoms with E-state index in [0.29, 0.717) is 0 Å². The number of phenolic OH excluding ortho intramolecular Hbond substituents is 1. The normalized spacial score (nSPS) is 11.6. The van der Waals surface area contributed by atoms with Crippen molar-refractivity contribution in [1.82, 2.24) is 5.32 Å². The van der Waals surface area contributed by atoms with E-state index >= 15 is 0 Å². The summed E-state index contributed by atoms with van der Waals surface area (Å²) in [4.78, 5) is 23.8. The van der Waals surface area contributed by atoms with Crippen molar-refractivity contribution in [2.75, 3.05) is 0 Å². The first-order valence-corrected chi connectivity index (χ1v) is 6.98. The fraction of sp³-hybridized carbons (Fsp3) is 0.176. The first kappa shape index (κ1) is 16.5. The van der Waals surface area contributed by atoms with Crippen LogP contribution >= 0.6 is 0 Å². The number of nitrogens with one attached hydrogen (secondary N) is 1. The minimum atomic E-state index is -1.03. The van der Waals surface area contributed by atoms with Crippen molar-refractivity contribution in [3.63, 3.8) is 0 Å². The number of aromatic hydroxyl groups is 1. The largest absolute Gasteiger partial charge is 0.507 e. The van der Waals surface area contributed by atoms with Crippen molar-refractivity contribution in [3.8, 4) is 5.75 Å². The van der Waals surface area contributed by atoms with E-state index in [-0.39, 0.29) is 23.7 Å². The number of carbonyl (C=O) groups is 2. The molecule has 0 bridgehead atoms. The lowest BCUT2D eigenvalue weighted by Crippen LogP contribution is -2.35. The number of esters is 1. The van der Waals surface area contributed by atoms with Crippen LogP contribution in [0.3, 0.4) is 0 Å². The van der Waals surface area contributed by atoms with Gasteiger partial charge in [-0.1, -0.05) is 24.3 Å². The number of rotatable bonds is 5. The minimum absolute atomic E-state index is 0.00863. The van der Waals surface area contributed by atoms with Gasteiger partial charge in [-0.05, 0) is 36.8 Å². The molecule has 120 valence electrons. The van der Waals surface area contributed by atoms with E-state index in [1.54, 1.807) is 24.3 Å². The van der Waals surface area contributed by atoms with Crippen LogP contribution < -0.4 is 5.32 Å². The van der Waals surface area contributed by atoms with Gasteiger partial charge in [0.05, 0.1) is 0 Å². The van der Waals surface area contributed by atoms with E-state index in [1.807, 2.05) is 0 Å². The Morgan fingerprint density at radius 2 is 1.83 bits per heavy atom. The van der Waals surface area contributed by atoms with Crippen LogP contribution in [0, 0.1) is 5.82 Å². The first-order valence-electron chi connectivity index (χ1n) is 6.98. The summed E-state index contributed by atoms with van der Waals surface area (Å²) >= 11 is 0. The van der Waals surface area contributed by atoms with Gasteiger partial charge in [-0.2, -0.15) is 0 Å². The molecule has 0 heterocycles. The molecule has 0 fully saturated rings. The van der Waals surface area contributed by atoms with Gasteiger partial charge in [0.15, 0.2) is 6.10 Å². The maximum Gasteiger partial charge on any atom is 0.342 e. The monoisotopic (exact) mass is 317 g/mol. The molecule has 0 aliphatic heterocycles. The van der Waals surface area contributed by atoms with Crippen LogP contribution in [0.2, 0.25) is 0 Å². The zero-order chi connectivity index (χ0) is 16.8. The molecule has 1 atom stereocenters. The number of ether oxygens (including phenoxy) is 1. The number of benzene rings is 2. The molecule has 0 radical (unpaired) electrons. The average molecular weight is 317 g/mol. The molecule has 0 saturated heterocycles. The number of phenols is 1. The van der Waals surface area contributed by atoms with Crippen molar-refractivity contribution in [3.05, 3.63) is 65.5 Å². The molecule has 2 aromatic carbocycles. The Balaban J connectivity index is 1.88. The number of carbonyl (C=O) groups excluding carboxylic acids is 2. The Morgan fingerprint density at radius 1 is 1.17 bits per heavy atom. The third kappa shape index (κ3) is 4.54. The topological polar surface area (TPSA) is 75.6 Å². The molecule has 0 aliphatic rings. The predicted octanol–water partition coefficient (Wildman–Crippen LogP) is 2.39. The van der Waals surface area contributed by atoms with Crippen molar-refractivity contribution in [2.24, 2.45) is 0 Å². The van der Waals surface area contributed by atoms with Gasteiger partial charge in [-0.3, -0.25) is 4.79 Å². The van der Waals surface area contributed by atoms with Gasteiger partial charge in [0.1, 0.15) is 17.1 Å². The van der Waals surface area contributed by atoms with Crippen LogP contribution in [0.15, 0.2) is 48.5 Å². The van der Waals surface area contributed by atoms with Gasteiger partial charge >= 0.3 is 5.97 Å². The molecular formula is C17H16FNO4. The van der Waals surface area contributed by atoms with Gasteiger partial charge in [-0.15, -0.1) is 0 Å². The third-order valence-electron chi connectivity index (χ3n) is 3.16. The standard InChI is InChI=1S/C17H16FNO4/c1-11(23-17(22)14-4-2-3-5-15(14)20)16(21)19-10-12-6-8-13(18)9-7-12/h2-9,11,20H,10H2,1H3,(H,19,21). The molecule has 23 heavy (non-hydrogen) atoms. The summed E-state index contributed by atoms with van der Waals surface area (Å²) in [6, 6.07) is 11.6. The van der Waals surface area contributed by atoms with E-state index in [2.05, 4.69) is 5.32 Å². The molecule has 2 N–H and O–H groups in total. The molecular weight excluding hydrogens is 301 g/mol. The number of halogens is 1. The Kier molecular flexibility index (Phi) is 5.30. The highest BCUT2D eigenvalue weighted by Gasteiger charge is 2.20. The highest BCUT2D eigenvalue weighted by molar-refractivity contribution is 5.94. The maximum atomic E-state index is 12.8. The zero-order valence-electron chi connectivity index (χ0n) is 12.5. The highest BCUT2D eigenvalue weighted by atomic mass is 19.1. The van der Waals surface area contributed by atoms with Crippen molar-refractivity contribution < 1.29 is 23.8 Å². The summed E-state index contributed by atoms with van der Waals surface area (Å²) in [5, 5.41) is 12.2. The fourth-order valence-electron chi connectivity index (χ4n) is 1.86. The Bertz CT molecular complexity index is 700. The maximum absolute atomic E-state index is 12.8. The van der Waals surface area contributed by atoms with Crippen LogP contribution in [0.4, 0.5) is 4.39 Å². The van der Waals surface area contributed by atoms with Gasteiger partial charge in [0.25, 0.3) is 5.91 Å². The van der Waals surface area contributed by atoms with Crippen LogP contribution in [-0.4, -0.2) is 23.1 Å². The highest BCUT2D eigenvalue weighted by Crippen LogP contribution is 2.17. The van der Waals surface area contributed by atoms with E-state index in [9.17, 15) is 19.1 Å². The summed E-state index contributed by atoms with van der Waals surface area (Å²) < 4.78 is 17.8.